The van der Waals surface area contributed by atoms with Crippen LogP contribution in [0.1, 0.15) is 43.2 Å². The van der Waals surface area contributed by atoms with Crippen molar-refractivity contribution in [2.45, 2.75) is 51.5 Å². The molecule has 0 aromatic carbocycles. The number of hydrogen-bond acceptors (Lipinski definition) is 4. The normalized spacial score (nSPS) is 16.3. The van der Waals surface area contributed by atoms with Crippen LogP contribution < -0.4 is 10.6 Å². The molecule has 6 nitrogen and oxygen atoms in total. The first kappa shape index (κ1) is 14.8. The number of urea groups is 1. The Morgan fingerprint density at radius 2 is 2.15 bits per heavy atom. The average molecular weight is 297 g/mol. The van der Waals surface area contributed by atoms with Crippen molar-refractivity contribution in [2.75, 3.05) is 5.32 Å². The number of amides is 2. The van der Waals surface area contributed by atoms with Crippen LogP contribution in [0.25, 0.3) is 0 Å². The first-order valence-electron chi connectivity index (χ1n) is 6.71. The molecule has 0 radical (unpaired) electrons. The Labute approximate surface area is 121 Å². The van der Waals surface area contributed by atoms with Crippen LogP contribution in [0.3, 0.4) is 0 Å². The summed E-state index contributed by atoms with van der Waals surface area (Å²) in [7, 11) is 0. The highest BCUT2D eigenvalue weighted by molar-refractivity contribution is 7.15. The highest BCUT2D eigenvalue weighted by Crippen LogP contribution is 2.35. The summed E-state index contributed by atoms with van der Waals surface area (Å²) in [6.07, 6.45) is 3.17. The highest BCUT2D eigenvalue weighted by Gasteiger charge is 2.40. The topological polar surface area (TPSA) is 91.3 Å². The number of carbonyl (C=O) groups excluding carboxylic acids is 1. The molecule has 0 unspecified atom stereocenters. The maximum atomic E-state index is 12.0. The number of carboxylic acid groups (broad SMARTS) is 1. The van der Waals surface area contributed by atoms with Crippen molar-refractivity contribution in [2.24, 2.45) is 0 Å². The average Bonchev–Trinajstić information content (AvgIpc) is 2.65. The fraction of sp³-hybridized carbons (Fsp3) is 0.615. The number of aliphatic carboxylic acids is 1. The molecule has 1 fully saturated rings. The molecular weight excluding hydrogens is 278 g/mol. The zero-order chi connectivity index (χ0) is 14.8. The van der Waals surface area contributed by atoms with Crippen LogP contribution >= 0.6 is 11.3 Å². The number of nitrogens with one attached hydrogen (secondary N) is 2. The zero-order valence-electron chi connectivity index (χ0n) is 11.7. The minimum Gasteiger partial charge on any atom is -0.481 e. The van der Waals surface area contributed by atoms with E-state index in [-0.39, 0.29) is 12.5 Å². The van der Waals surface area contributed by atoms with Gasteiger partial charge in [0.25, 0.3) is 0 Å². The summed E-state index contributed by atoms with van der Waals surface area (Å²) in [4.78, 5) is 28.2. The van der Waals surface area contributed by atoms with Crippen molar-refractivity contribution in [1.82, 2.24) is 10.3 Å². The molecule has 0 saturated heterocycles. The molecule has 1 aliphatic carbocycles. The Morgan fingerprint density at radius 1 is 1.45 bits per heavy atom. The number of carbonyl (C=O) groups is 2. The first-order chi connectivity index (χ1) is 9.44. The molecule has 1 aromatic heterocycles. The maximum absolute atomic E-state index is 12.0. The molecule has 1 aromatic rings. The van der Waals surface area contributed by atoms with Crippen LogP contribution in [0.15, 0.2) is 0 Å². The van der Waals surface area contributed by atoms with Crippen LogP contribution in [-0.4, -0.2) is 27.6 Å². The Kier molecular flexibility index (Phi) is 4.27. The van der Waals surface area contributed by atoms with Crippen LogP contribution in [0.4, 0.5) is 9.93 Å². The minimum absolute atomic E-state index is 0.0302. The van der Waals surface area contributed by atoms with E-state index in [9.17, 15) is 9.59 Å². The van der Waals surface area contributed by atoms with Crippen LogP contribution in [0.2, 0.25) is 0 Å². The number of rotatable bonds is 5. The fourth-order valence-corrected chi connectivity index (χ4v) is 3.32. The van der Waals surface area contributed by atoms with Crippen molar-refractivity contribution in [1.29, 1.82) is 0 Å². The summed E-state index contributed by atoms with van der Waals surface area (Å²) < 4.78 is 0. The van der Waals surface area contributed by atoms with Gasteiger partial charge in [0.2, 0.25) is 0 Å². The maximum Gasteiger partial charge on any atom is 0.321 e. The van der Waals surface area contributed by atoms with Gasteiger partial charge in [0.05, 0.1) is 17.7 Å². The third-order valence-electron chi connectivity index (χ3n) is 3.63. The van der Waals surface area contributed by atoms with E-state index < -0.39 is 11.5 Å². The summed E-state index contributed by atoms with van der Waals surface area (Å²) in [6, 6.07) is -0.373. The Hall–Kier alpha value is -1.63. The summed E-state index contributed by atoms with van der Waals surface area (Å²) in [5.74, 6) is -0.886. The Bertz CT molecular complexity index is 523. The van der Waals surface area contributed by atoms with Crippen molar-refractivity contribution < 1.29 is 14.7 Å². The standard InChI is InChI=1S/C13H19N3O3S/c1-3-9-8(2)20-12(14-9)15-11(19)16-13(5-4-6-13)7-10(17)18/h3-7H2,1-2H3,(H,17,18)(H2,14,15,16,19). The number of anilines is 1. The molecule has 2 rings (SSSR count). The van der Waals surface area contributed by atoms with Gasteiger partial charge in [0, 0.05) is 4.88 Å². The van der Waals surface area contributed by atoms with Crippen molar-refractivity contribution in [3.63, 3.8) is 0 Å². The lowest BCUT2D eigenvalue weighted by atomic mass is 9.74. The second kappa shape index (κ2) is 5.78. The van der Waals surface area contributed by atoms with Crippen LogP contribution in [-0.2, 0) is 11.2 Å². The van der Waals surface area contributed by atoms with E-state index in [1.807, 2.05) is 13.8 Å². The molecule has 0 bridgehead atoms. The third kappa shape index (κ3) is 3.27. The molecule has 1 heterocycles. The van der Waals surface area contributed by atoms with E-state index in [2.05, 4.69) is 15.6 Å². The molecule has 3 N–H and O–H groups in total. The zero-order valence-corrected chi connectivity index (χ0v) is 12.5. The molecule has 1 saturated carbocycles. The lowest BCUT2D eigenvalue weighted by Gasteiger charge is -2.41. The molecule has 0 spiro atoms. The number of hydrogen-bond donors (Lipinski definition) is 3. The van der Waals surface area contributed by atoms with E-state index in [0.717, 1.165) is 23.4 Å². The molecule has 20 heavy (non-hydrogen) atoms. The number of aromatic nitrogens is 1. The fourth-order valence-electron chi connectivity index (χ4n) is 2.42. The second-order valence-corrected chi connectivity index (χ2v) is 6.36. The smallest absolute Gasteiger partial charge is 0.321 e. The van der Waals surface area contributed by atoms with Gasteiger partial charge in [-0.25, -0.2) is 9.78 Å². The minimum atomic E-state index is -0.886. The molecule has 0 atom stereocenters. The van der Waals surface area contributed by atoms with Gasteiger partial charge in [-0.3, -0.25) is 10.1 Å². The molecule has 110 valence electrons. The van der Waals surface area contributed by atoms with E-state index in [1.54, 1.807) is 0 Å². The molecular formula is C13H19N3O3S. The highest BCUT2D eigenvalue weighted by atomic mass is 32.1. The molecule has 0 aliphatic heterocycles. The third-order valence-corrected chi connectivity index (χ3v) is 4.56. The second-order valence-electron chi connectivity index (χ2n) is 5.16. The van der Waals surface area contributed by atoms with Gasteiger partial charge in [-0.05, 0) is 32.6 Å². The molecule has 1 aliphatic rings. The predicted octanol–water partition coefficient (Wildman–Crippen LogP) is 2.53. The number of carboxylic acids is 1. The van der Waals surface area contributed by atoms with E-state index >= 15 is 0 Å². The monoisotopic (exact) mass is 297 g/mol. The van der Waals surface area contributed by atoms with Crippen molar-refractivity contribution >= 4 is 28.5 Å². The molecule has 7 heteroatoms. The number of aryl methyl sites for hydroxylation is 2. The van der Waals surface area contributed by atoms with Crippen molar-refractivity contribution in [3.8, 4) is 0 Å². The SMILES string of the molecule is CCc1nc(NC(=O)NC2(CC(=O)O)CCC2)sc1C. The van der Waals surface area contributed by atoms with E-state index in [4.69, 9.17) is 5.11 Å². The quantitative estimate of drug-likeness (QED) is 0.779. The Balaban J connectivity index is 1.96. The van der Waals surface area contributed by atoms with Gasteiger partial charge in [-0.1, -0.05) is 6.92 Å². The molecule has 2 amide bonds. The largest absolute Gasteiger partial charge is 0.481 e. The first-order valence-corrected chi connectivity index (χ1v) is 7.53. The van der Waals surface area contributed by atoms with Crippen molar-refractivity contribution in [3.05, 3.63) is 10.6 Å². The summed E-state index contributed by atoms with van der Waals surface area (Å²) in [6.45, 7) is 3.99. The predicted molar refractivity (Wildman–Crippen MR) is 77.2 cm³/mol. The number of thiazole rings is 1. The van der Waals surface area contributed by atoms with E-state index in [1.165, 1.54) is 11.3 Å². The van der Waals surface area contributed by atoms with Gasteiger partial charge < -0.3 is 10.4 Å². The lowest BCUT2D eigenvalue weighted by Crippen LogP contribution is -2.55. The summed E-state index contributed by atoms with van der Waals surface area (Å²) in [5, 5.41) is 15.0. The van der Waals surface area contributed by atoms with Gasteiger partial charge >= 0.3 is 12.0 Å². The van der Waals surface area contributed by atoms with Crippen LogP contribution in [0.5, 0.6) is 0 Å². The van der Waals surface area contributed by atoms with Crippen LogP contribution in [0, 0.1) is 6.92 Å². The van der Waals surface area contributed by atoms with Gasteiger partial charge in [0.15, 0.2) is 5.13 Å². The number of nitrogens with zero attached hydrogens (tertiary/aromatic N) is 1. The van der Waals surface area contributed by atoms with E-state index in [0.29, 0.717) is 18.0 Å². The Morgan fingerprint density at radius 3 is 2.60 bits per heavy atom. The van der Waals surface area contributed by atoms with Gasteiger partial charge in [-0.15, -0.1) is 11.3 Å². The summed E-state index contributed by atoms with van der Waals surface area (Å²) >= 11 is 1.43. The van der Waals surface area contributed by atoms with Gasteiger partial charge in [-0.2, -0.15) is 0 Å². The lowest BCUT2D eigenvalue weighted by molar-refractivity contribution is -0.139. The summed E-state index contributed by atoms with van der Waals surface area (Å²) in [5.41, 5.74) is 0.393. The van der Waals surface area contributed by atoms with Gasteiger partial charge in [0.1, 0.15) is 0 Å².